The average molecular weight is 315 g/mol. The molecular weight excluding hydrogens is 294 g/mol. The Labute approximate surface area is 134 Å². The Balaban J connectivity index is 1.39. The molecule has 1 unspecified atom stereocenters. The number of thiazole rings is 1. The Morgan fingerprint density at radius 3 is 3.23 bits per heavy atom. The van der Waals surface area contributed by atoms with Gasteiger partial charge in [0.15, 0.2) is 4.96 Å². The summed E-state index contributed by atoms with van der Waals surface area (Å²) in [6.45, 7) is 7.26. The number of nitrogens with zero attached hydrogens (tertiary/aromatic N) is 4. The van der Waals surface area contributed by atoms with Crippen molar-refractivity contribution in [3.63, 3.8) is 0 Å². The van der Waals surface area contributed by atoms with Crippen molar-refractivity contribution in [2.75, 3.05) is 6.54 Å². The smallest absolute Gasteiger partial charge is 0.194 e. The van der Waals surface area contributed by atoms with Crippen LogP contribution in [0.1, 0.15) is 28.5 Å². The zero-order valence-electron chi connectivity index (χ0n) is 13.0. The van der Waals surface area contributed by atoms with E-state index in [1.807, 2.05) is 6.20 Å². The molecule has 1 atom stereocenters. The highest BCUT2D eigenvalue weighted by Crippen LogP contribution is 2.21. The lowest BCUT2D eigenvalue weighted by atomic mass is 9.99. The summed E-state index contributed by atoms with van der Waals surface area (Å²) in [6.07, 6.45) is 8.52. The molecule has 3 aromatic heterocycles. The largest absolute Gasteiger partial charge is 0.335 e. The molecule has 0 spiro atoms. The van der Waals surface area contributed by atoms with Gasteiger partial charge in [-0.3, -0.25) is 4.40 Å². The van der Waals surface area contributed by atoms with E-state index in [0.29, 0.717) is 5.92 Å². The number of fused-ring (bicyclic) bond motifs is 2. The third-order valence-electron chi connectivity index (χ3n) is 4.50. The van der Waals surface area contributed by atoms with Gasteiger partial charge in [-0.1, -0.05) is 0 Å². The Hall–Kier alpha value is -1.66. The van der Waals surface area contributed by atoms with E-state index in [1.54, 1.807) is 11.3 Å². The molecule has 0 aliphatic carbocycles. The minimum Gasteiger partial charge on any atom is -0.335 e. The molecular formula is C16H21N5S. The van der Waals surface area contributed by atoms with Gasteiger partial charge in [0.05, 0.1) is 11.4 Å². The predicted molar refractivity (Wildman–Crippen MR) is 88.3 cm³/mol. The molecule has 1 N–H and O–H groups in total. The summed E-state index contributed by atoms with van der Waals surface area (Å²) in [5.41, 5.74) is 2.43. The fourth-order valence-corrected chi connectivity index (χ4v) is 4.21. The van der Waals surface area contributed by atoms with Crippen molar-refractivity contribution in [2.45, 2.75) is 39.8 Å². The molecule has 1 aliphatic heterocycles. The molecule has 22 heavy (non-hydrogen) atoms. The van der Waals surface area contributed by atoms with Crippen molar-refractivity contribution in [3.8, 4) is 0 Å². The maximum Gasteiger partial charge on any atom is 0.194 e. The van der Waals surface area contributed by atoms with Gasteiger partial charge in [0, 0.05) is 49.5 Å². The van der Waals surface area contributed by atoms with Gasteiger partial charge in [-0.25, -0.2) is 9.97 Å². The maximum atomic E-state index is 4.65. The second kappa shape index (κ2) is 5.52. The molecule has 3 aromatic rings. The molecule has 0 bridgehead atoms. The van der Waals surface area contributed by atoms with Crippen LogP contribution in [0.2, 0.25) is 0 Å². The van der Waals surface area contributed by atoms with Gasteiger partial charge < -0.3 is 9.88 Å². The van der Waals surface area contributed by atoms with E-state index in [0.717, 1.165) is 36.7 Å². The quantitative estimate of drug-likeness (QED) is 0.805. The van der Waals surface area contributed by atoms with Crippen molar-refractivity contribution >= 4 is 16.3 Å². The van der Waals surface area contributed by atoms with E-state index in [4.69, 9.17) is 0 Å². The summed E-state index contributed by atoms with van der Waals surface area (Å²) in [7, 11) is 0. The molecule has 4 rings (SSSR count). The Kier molecular flexibility index (Phi) is 3.50. The summed E-state index contributed by atoms with van der Waals surface area (Å²) in [5.74, 6) is 1.92. The molecule has 0 saturated heterocycles. The van der Waals surface area contributed by atoms with Crippen LogP contribution in [0.4, 0.5) is 0 Å². The van der Waals surface area contributed by atoms with E-state index in [9.17, 15) is 0 Å². The van der Waals surface area contributed by atoms with Gasteiger partial charge in [0.2, 0.25) is 0 Å². The summed E-state index contributed by atoms with van der Waals surface area (Å²) in [6, 6.07) is 0. The highest BCUT2D eigenvalue weighted by molar-refractivity contribution is 7.17. The molecule has 4 heterocycles. The lowest BCUT2D eigenvalue weighted by molar-refractivity contribution is 0.346. The number of hydrogen-bond acceptors (Lipinski definition) is 4. The predicted octanol–water partition coefficient (Wildman–Crippen LogP) is 2.56. The number of hydrogen-bond donors (Lipinski definition) is 1. The van der Waals surface area contributed by atoms with Crippen LogP contribution in [0.25, 0.3) is 4.96 Å². The molecule has 0 aromatic carbocycles. The van der Waals surface area contributed by atoms with Crippen LogP contribution in [0, 0.1) is 19.8 Å². The first kappa shape index (κ1) is 14.0. The van der Waals surface area contributed by atoms with Crippen molar-refractivity contribution in [1.29, 1.82) is 0 Å². The standard InChI is InChI=1S/C16H21N5S/c1-11-9-21-14(12(2)19-16(21)22-11)8-17-7-13-3-4-15-18-5-6-20(15)10-13/h5-6,9,13,17H,3-4,7-8,10H2,1-2H3. The Bertz CT molecular complexity index is 797. The molecule has 1 aliphatic rings. The molecule has 0 fully saturated rings. The topological polar surface area (TPSA) is 47.1 Å². The van der Waals surface area contributed by atoms with E-state index in [1.165, 1.54) is 22.8 Å². The molecule has 5 nitrogen and oxygen atoms in total. The van der Waals surface area contributed by atoms with Gasteiger partial charge in [0.25, 0.3) is 0 Å². The summed E-state index contributed by atoms with van der Waals surface area (Å²) in [5, 5.41) is 3.63. The van der Waals surface area contributed by atoms with Crippen LogP contribution in [0.5, 0.6) is 0 Å². The zero-order valence-corrected chi connectivity index (χ0v) is 13.9. The van der Waals surface area contributed by atoms with Crippen LogP contribution in [-0.4, -0.2) is 25.5 Å². The van der Waals surface area contributed by atoms with E-state index >= 15 is 0 Å². The van der Waals surface area contributed by atoms with Gasteiger partial charge in [-0.15, -0.1) is 11.3 Å². The van der Waals surface area contributed by atoms with E-state index in [-0.39, 0.29) is 0 Å². The second-order valence-electron chi connectivity index (χ2n) is 6.17. The first-order valence-corrected chi connectivity index (χ1v) is 8.67. The molecule has 116 valence electrons. The fraction of sp³-hybridized carbons (Fsp3) is 0.500. The van der Waals surface area contributed by atoms with Crippen LogP contribution >= 0.6 is 11.3 Å². The number of aryl methyl sites for hydroxylation is 3. The summed E-state index contributed by atoms with van der Waals surface area (Å²) in [4.78, 5) is 11.5. The lowest BCUT2D eigenvalue weighted by Gasteiger charge is -2.24. The SMILES string of the molecule is Cc1cn2c(CNCC3CCc4nccn4C3)c(C)nc2s1. The van der Waals surface area contributed by atoms with Gasteiger partial charge in [-0.2, -0.15) is 0 Å². The fourth-order valence-electron chi connectivity index (χ4n) is 3.32. The third kappa shape index (κ3) is 2.46. The van der Waals surface area contributed by atoms with Gasteiger partial charge in [0.1, 0.15) is 5.82 Å². The Morgan fingerprint density at radius 2 is 2.32 bits per heavy atom. The molecule has 0 amide bonds. The first-order chi connectivity index (χ1) is 10.7. The van der Waals surface area contributed by atoms with Gasteiger partial charge in [-0.05, 0) is 26.2 Å². The minimum atomic E-state index is 0.689. The maximum absolute atomic E-state index is 4.65. The Morgan fingerprint density at radius 1 is 1.41 bits per heavy atom. The number of nitrogens with one attached hydrogen (secondary N) is 1. The number of imidazole rings is 2. The van der Waals surface area contributed by atoms with Crippen molar-refractivity contribution in [1.82, 2.24) is 24.3 Å². The molecule has 0 saturated carbocycles. The van der Waals surface area contributed by atoms with Crippen LogP contribution < -0.4 is 5.32 Å². The van der Waals surface area contributed by atoms with E-state index < -0.39 is 0 Å². The van der Waals surface area contributed by atoms with Crippen LogP contribution in [0.3, 0.4) is 0 Å². The summed E-state index contributed by atoms with van der Waals surface area (Å²) >= 11 is 1.76. The highest BCUT2D eigenvalue weighted by Gasteiger charge is 2.18. The normalized spacial score (nSPS) is 18.0. The summed E-state index contributed by atoms with van der Waals surface area (Å²) < 4.78 is 4.53. The van der Waals surface area contributed by atoms with Crippen molar-refractivity contribution < 1.29 is 0 Å². The highest BCUT2D eigenvalue weighted by atomic mass is 32.1. The second-order valence-corrected chi connectivity index (χ2v) is 7.38. The average Bonchev–Trinajstić information content (AvgIpc) is 3.15. The monoisotopic (exact) mass is 315 g/mol. The minimum absolute atomic E-state index is 0.689. The van der Waals surface area contributed by atoms with Crippen molar-refractivity contribution in [2.24, 2.45) is 5.92 Å². The van der Waals surface area contributed by atoms with E-state index in [2.05, 4.69) is 50.5 Å². The molecule has 6 heteroatoms. The van der Waals surface area contributed by atoms with Crippen LogP contribution in [-0.2, 0) is 19.5 Å². The number of rotatable bonds is 4. The van der Waals surface area contributed by atoms with Crippen molar-refractivity contribution in [3.05, 3.63) is 40.7 Å². The molecule has 0 radical (unpaired) electrons. The zero-order chi connectivity index (χ0) is 15.1. The van der Waals surface area contributed by atoms with Gasteiger partial charge >= 0.3 is 0 Å². The lowest BCUT2D eigenvalue weighted by Crippen LogP contribution is -2.30. The first-order valence-electron chi connectivity index (χ1n) is 7.85. The van der Waals surface area contributed by atoms with Crippen LogP contribution in [0.15, 0.2) is 18.6 Å². The number of aromatic nitrogens is 4. The third-order valence-corrected chi connectivity index (χ3v) is 5.40.